The van der Waals surface area contributed by atoms with E-state index in [-0.39, 0.29) is 12.7 Å². The first-order valence-electron chi connectivity index (χ1n) is 8.48. The number of benzene rings is 2. The Hall–Kier alpha value is -2.77. The van der Waals surface area contributed by atoms with Crippen molar-refractivity contribution in [1.29, 1.82) is 0 Å². The van der Waals surface area contributed by atoms with Crippen molar-refractivity contribution in [3.63, 3.8) is 0 Å². The highest BCUT2D eigenvalue weighted by molar-refractivity contribution is 8.18. The molecule has 2 heterocycles. The molecule has 0 radical (unpaired) electrons. The van der Waals surface area contributed by atoms with Crippen molar-refractivity contribution >= 4 is 34.6 Å². The lowest BCUT2D eigenvalue weighted by molar-refractivity contribution is -0.122. The van der Waals surface area contributed by atoms with Crippen LogP contribution < -0.4 is 9.47 Å². The third-order valence-corrected chi connectivity index (χ3v) is 5.09. The third-order valence-electron chi connectivity index (χ3n) is 4.08. The van der Waals surface area contributed by atoms with Gasteiger partial charge in [-0.1, -0.05) is 24.3 Å². The number of fused-ring (bicyclic) bond motifs is 1. The Kier molecular flexibility index (Phi) is 5.13. The lowest BCUT2D eigenvalue weighted by atomic mass is 10.2. The molecule has 0 unspecified atom stereocenters. The van der Waals surface area contributed by atoms with E-state index >= 15 is 0 Å². The summed E-state index contributed by atoms with van der Waals surface area (Å²) in [6.07, 6.45) is 1.85. The Balaban J connectivity index is 1.64. The van der Waals surface area contributed by atoms with Crippen LogP contribution in [0.25, 0.3) is 6.08 Å². The molecular weight excluding hydrogens is 364 g/mol. The number of thioether (sulfide) groups is 1. The average Bonchev–Trinajstić information content (AvgIpc) is 3.26. The van der Waals surface area contributed by atoms with E-state index in [4.69, 9.17) is 14.2 Å². The minimum atomic E-state index is -0.0793. The van der Waals surface area contributed by atoms with Crippen LogP contribution in [-0.4, -0.2) is 43.0 Å². The molecule has 1 fully saturated rings. The molecule has 0 atom stereocenters. The number of hydrogen-bond acceptors (Lipinski definition) is 6. The van der Waals surface area contributed by atoms with Crippen molar-refractivity contribution in [2.75, 3.05) is 27.1 Å². The van der Waals surface area contributed by atoms with Crippen LogP contribution in [0.2, 0.25) is 0 Å². The van der Waals surface area contributed by atoms with Crippen molar-refractivity contribution in [3.8, 4) is 11.5 Å². The molecule has 4 rings (SSSR count). The van der Waals surface area contributed by atoms with Gasteiger partial charge in [-0.25, -0.2) is 4.99 Å². The number of methoxy groups -OCH3 is 1. The molecule has 2 aliphatic rings. The van der Waals surface area contributed by atoms with Crippen LogP contribution in [0.5, 0.6) is 11.5 Å². The Morgan fingerprint density at radius 1 is 1.19 bits per heavy atom. The zero-order chi connectivity index (χ0) is 18.6. The zero-order valence-corrected chi connectivity index (χ0v) is 15.6. The molecule has 7 heteroatoms. The number of carbonyl (C=O) groups is 1. The van der Waals surface area contributed by atoms with E-state index in [0.717, 1.165) is 17.0 Å². The van der Waals surface area contributed by atoms with E-state index in [1.807, 2.05) is 54.6 Å². The maximum Gasteiger partial charge on any atom is 0.266 e. The molecule has 0 aliphatic carbocycles. The molecule has 1 saturated heterocycles. The predicted octanol–water partition coefficient (Wildman–Crippen LogP) is 3.67. The standard InChI is InChI=1S/C20H18N2O4S/c1-24-10-9-22-19(23)18(27-20(22)21-15-5-3-2-4-6-15)12-14-7-8-16-17(11-14)26-13-25-16/h2-8,11-12H,9-10,13H2,1H3/b18-12-,21-20?. The van der Waals surface area contributed by atoms with Gasteiger partial charge in [-0.15, -0.1) is 0 Å². The molecular formula is C20H18N2O4S. The molecule has 1 amide bonds. The van der Waals surface area contributed by atoms with E-state index in [1.54, 1.807) is 12.0 Å². The lowest BCUT2D eigenvalue weighted by Crippen LogP contribution is -2.32. The molecule has 6 nitrogen and oxygen atoms in total. The van der Waals surface area contributed by atoms with E-state index < -0.39 is 0 Å². The van der Waals surface area contributed by atoms with Gasteiger partial charge in [0.2, 0.25) is 6.79 Å². The van der Waals surface area contributed by atoms with Crippen molar-refractivity contribution < 1.29 is 19.0 Å². The van der Waals surface area contributed by atoms with Crippen LogP contribution in [-0.2, 0) is 9.53 Å². The highest BCUT2D eigenvalue weighted by Crippen LogP contribution is 2.37. The van der Waals surface area contributed by atoms with E-state index in [2.05, 4.69) is 4.99 Å². The van der Waals surface area contributed by atoms with E-state index in [9.17, 15) is 4.79 Å². The third kappa shape index (κ3) is 3.84. The fourth-order valence-electron chi connectivity index (χ4n) is 2.74. The van der Waals surface area contributed by atoms with Crippen LogP contribution in [0.4, 0.5) is 5.69 Å². The van der Waals surface area contributed by atoms with Gasteiger partial charge in [0.1, 0.15) is 0 Å². The predicted molar refractivity (Wildman–Crippen MR) is 105 cm³/mol. The summed E-state index contributed by atoms with van der Waals surface area (Å²) in [5.74, 6) is 1.33. The summed E-state index contributed by atoms with van der Waals surface area (Å²) in [4.78, 5) is 19.8. The fraction of sp³-hybridized carbons (Fsp3) is 0.200. The van der Waals surface area contributed by atoms with Gasteiger partial charge >= 0.3 is 0 Å². The summed E-state index contributed by atoms with van der Waals surface area (Å²) in [5.41, 5.74) is 1.68. The minimum absolute atomic E-state index is 0.0793. The normalized spacial score (nSPS) is 18.7. The summed E-state index contributed by atoms with van der Waals surface area (Å²) in [7, 11) is 1.62. The molecule has 0 spiro atoms. The molecule has 0 bridgehead atoms. The highest BCUT2D eigenvalue weighted by Gasteiger charge is 2.33. The quantitative estimate of drug-likeness (QED) is 0.739. The second kappa shape index (κ2) is 7.85. The van der Waals surface area contributed by atoms with Crippen molar-refractivity contribution in [2.24, 2.45) is 4.99 Å². The largest absolute Gasteiger partial charge is 0.454 e. The number of hydrogen-bond donors (Lipinski definition) is 0. The SMILES string of the molecule is COCCN1C(=O)/C(=C/c2ccc3c(c2)OCO3)SC1=Nc1ccccc1. The fourth-order valence-corrected chi connectivity index (χ4v) is 3.76. The first-order chi connectivity index (χ1) is 13.2. The Morgan fingerprint density at radius 3 is 2.81 bits per heavy atom. The van der Waals surface area contributed by atoms with Crippen molar-refractivity contribution in [3.05, 3.63) is 59.0 Å². The molecule has 0 aromatic heterocycles. The van der Waals surface area contributed by atoms with Gasteiger partial charge in [-0.2, -0.15) is 0 Å². The summed E-state index contributed by atoms with van der Waals surface area (Å²) < 4.78 is 15.9. The Morgan fingerprint density at radius 2 is 2.00 bits per heavy atom. The van der Waals surface area contributed by atoms with Crippen molar-refractivity contribution in [1.82, 2.24) is 4.90 Å². The molecule has 27 heavy (non-hydrogen) atoms. The lowest BCUT2D eigenvalue weighted by Gasteiger charge is -2.14. The number of nitrogens with zero attached hydrogens (tertiary/aromatic N) is 2. The molecule has 2 aromatic carbocycles. The van der Waals surface area contributed by atoms with Gasteiger partial charge in [0.05, 0.1) is 23.7 Å². The van der Waals surface area contributed by atoms with E-state index in [0.29, 0.717) is 29.0 Å². The minimum Gasteiger partial charge on any atom is -0.454 e. The smallest absolute Gasteiger partial charge is 0.266 e. The second-order valence-electron chi connectivity index (χ2n) is 5.90. The van der Waals surface area contributed by atoms with Gasteiger partial charge in [-0.05, 0) is 47.7 Å². The number of rotatable bonds is 5. The molecule has 138 valence electrons. The summed E-state index contributed by atoms with van der Waals surface area (Å²) >= 11 is 1.36. The van der Waals surface area contributed by atoms with Crippen LogP contribution in [0, 0.1) is 0 Å². The maximum atomic E-state index is 12.9. The van der Waals surface area contributed by atoms with Crippen LogP contribution >= 0.6 is 11.8 Å². The van der Waals surface area contributed by atoms with Gasteiger partial charge < -0.3 is 14.2 Å². The van der Waals surface area contributed by atoms with E-state index in [1.165, 1.54) is 11.8 Å². The van der Waals surface area contributed by atoms with Gasteiger partial charge in [-0.3, -0.25) is 9.69 Å². The number of amides is 1. The molecule has 0 saturated carbocycles. The monoisotopic (exact) mass is 382 g/mol. The average molecular weight is 382 g/mol. The zero-order valence-electron chi connectivity index (χ0n) is 14.8. The molecule has 2 aliphatic heterocycles. The topological polar surface area (TPSA) is 60.4 Å². The van der Waals surface area contributed by atoms with Gasteiger partial charge in [0.15, 0.2) is 16.7 Å². The van der Waals surface area contributed by atoms with Crippen LogP contribution in [0.3, 0.4) is 0 Å². The van der Waals surface area contributed by atoms with Gasteiger partial charge in [0.25, 0.3) is 5.91 Å². The van der Waals surface area contributed by atoms with Gasteiger partial charge in [0, 0.05) is 7.11 Å². The summed E-state index contributed by atoms with van der Waals surface area (Å²) in [5, 5.41) is 0.648. The molecule has 0 N–H and O–H groups in total. The van der Waals surface area contributed by atoms with Crippen LogP contribution in [0.1, 0.15) is 5.56 Å². The number of ether oxygens (including phenoxy) is 3. The maximum absolute atomic E-state index is 12.9. The Labute approximate surface area is 161 Å². The number of amidine groups is 1. The van der Waals surface area contributed by atoms with Crippen molar-refractivity contribution in [2.45, 2.75) is 0 Å². The second-order valence-corrected chi connectivity index (χ2v) is 6.91. The number of carbonyl (C=O) groups excluding carboxylic acids is 1. The Bertz CT molecular complexity index is 911. The highest BCUT2D eigenvalue weighted by atomic mass is 32.2. The number of para-hydroxylation sites is 1. The van der Waals surface area contributed by atoms with Crippen LogP contribution in [0.15, 0.2) is 58.4 Å². The summed E-state index contributed by atoms with van der Waals surface area (Å²) in [6, 6.07) is 15.2. The number of aliphatic imine (C=N–C) groups is 1. The summed E-state index contributed by atoms with van der Waals surface area (Å²) in [6.45, 7) is 1.12. The molecule has 2 aromatic rings. The first-order valence-corrected chi connectivity index (χ1v) is 9.30. The first kappa shape index (κ1) is 17.6.